The van der Waals surface area contributed by atoms with E-state index < -0.39 is 0 Å². The summed E-state index contributed by atoms with van der Waals surface area (Å²) in [5.74, 6) is 1.25. The van der Waals surface area contributed by atoms with Crippen molar-refractivity contribution in [2.24, 2.45) is 5.16 Å². The highest BCUT2D eigenvalue weighted by molar-refractivity contribution is 5.80. The lowest BCUT2D eigenvalue weighted by molar-refractivity contribution is 0.0358. The Balaban J connectivity index is 1.34. The van der Waals surface area contributed by atoms with E-state index in [-0.39, 0.29) is 0 Å². The molecule has 0 aliphatic carbocycles. The fourth-order valence-corrected chi connectivity index (χ4v) is 3.82. The van der Waals surface area contributed by atoms with Crippen LogP contribution in [0.15, 0.2) is 64.6 Å². The van der Waals surface area contributed by atoms with Crippen LogP contribution in [-0.4, -0.2) is 58.9 Å². The van der Waals surface area contributed by atoms with E-state index in [1.807, 2.05) is 47.0 Å². The topological polar surface area (TPSA) is 84.7 Å². The van der Waals surface area contributed by atoms with Crippen LogP contribution in [0.5, 0.6) is 5.75 Å². The Labute approximate surface area is 178 Å². The fourth-order valence-electron chi connectivity index (χ4n) is 3.82. The molecule has 1 aliphatic rings. The molecule has 1 N–H and O–H groups in total. The molecule has 8 nitrogen and oxygen atoms in total. The predicted octanol–water partition coefficient (Wildman–Crippen LogP) is 3.14. The van der Waals surface area contributed by atoms with E-state index in [9.17, 15) is 5.21 Å². The first kappa shape index (κ1) is 19.6. The van der Waals surface area contributed by atoms with Gasteiger partial charge < -0.3 is 23.5 Å². The summed E-state index contributed by atoms with van der Waals surface area (Å²) in [6.07, 6.45) is 4.60. The van der Waals surface area contributed by atoms with E-state index in [1.165, 1.54) is 0 Å². The molecule has 8 heteroatoms. The molecular weight excluding hydrogens is 396 g/mol. The number of aromatic nitrogens is 2. The maximum Gasteiger partial charge on any atom is 0.155 e. The quantitative estimate of drug-likeness (QED) is 0.293. The van der Waals surface area contributed by atoms with Crippen LogP contribution in [-0.2, 0) is 4.74 Å². The van der Waals surface area contributed by atoms with Crippen LogP contribution in [0.3, 0.4) is 0 Å². The van der Waals surface area contributed by atoms with Gasteiger partial charge in [-0.15, -0.1) is 0 Å². The average Bonchev–Trinajstić information content (AvgIpc) is 3.30. The Morgan fingerprint density at radius 2 is 2.03 bits per heavy atom. The van der Waals surface area contributed by atoms with Gasteiger partial charge in [0.1, 0.15) is 22.4 Å². The second kappa shape index (κ2) is 8.79. The third-order valence-electron chi connectivity index (χ3n) is 5.48. The molecule has 0 unspecified atom stereocenters. The van der Waals surface area contributed by atoms with Gasteiger partial charge in [-0.3, -0.25) is 4.90 Å². The lowest BCUT2D eigenvalue weighted by Crippen LogP contribution is -2.37. The summed E-state index contributed by atoms with van der Waals surface area (Å²) in [4.78, 5) is 6.83. The van der Waals surface area contributed by atoms with Gasteiger partial charge in [0, 0.05) is 37.4 Å². The van der Waals surface area contributed by atoms with Gasteiger partial charge in [-0.05, 0) is 42.8 Å². The Morgan fingerprint density at radius 1 is 1.13 bits per heavy atom. The maximum absolute atomic E-state index is 9.60. The van der Waals surface area contributed by atoms with Gasteiger partial charge in [-0.1, -0.05) is 5.16 Å². The Hall–Kier alpha value is -3.36. The van der Waals surface area contributed by atoms with E-state index in [1.54, 1.807) is 12.4 Å². The molecule has 1 saturated heterocycles. The molecule has 1 fully saturated rings. The third kappa shape index (κ3) is 4.26. The minimum atomic E-state index is 0.409. The van der Waals surface area contributed by atoms with Crippen LogP contribution >= 0.6 is 0 Å². The third-order valence-corrected chi connectivity index (χ3v) is 5.48. The van der Waals surface area contributed by atoms with E-state index in [0.29, 0.717) is 34.4 Å². The van der Waals surface area contributed by atoms with Crippen LogP contribution in [0.4, 0.5) is 0 Å². The molecule has 4 heterocycles. The van der Waals surface area contributed by atoms with Crippen molar-refractivity contribution in [1.82, 2.24) is 14.3 Å². The van der Waals surface area contributed by atoms with Crippen molar-refractivity contribution >= 4 is 16.5 Å². The first-order valence-corrected chi connectivity index (χ1v) is 10.4. The zero-order chi connectivity index (χ0) is 21.0. The average molecular weight is 420 g/mol. The highest BCUT2D eigenvalue weighted by Crippen LogP contribution is 2.24. The van der Waals surface area contributed by atoms with E-state index in [0.717, 1.165) is 50.5 Å². The number of hydrogen-bond donors (Lipinski definition) is 1. The molecular formula is C23H24N4O4. The smallest absolute Gasteiger partial charge is 0.155 e. The summed E-state index contributed by atoms with van der Waals surface area (Å²) in [6.45, 7) is 5.18. The standard InChI is InChI=1S/C23H24N4O4/c28-25-20-15-23(21-13-17-3-1-7-27(17)16-24-21)31-22-5-4-18(14-19(20)22)30-10-2-6-26-8-11-29-12-9-26/h1,3-5,7,13-16,28H,2,6,8-12H2. The second-order valence-corrected chi connectivity index (χ2v) is 7.52. The van der Waals surface area contributed by atoms with Gasteiger partial charge in [-0.2, -0.15) is 0 Å². The highest BCUT2D eigenvalue weighted by atomic mass is 16.5. The maximum atomic E-state index is 9.60. The largest absolute Gasteiger partial charge is 0.494 e. The normalized spacial score (nSPS) is 15.7. The molecule has 160 valence electrons. The summed E-state index contributed by atoms with van der Waals surface area (Å²) in [5, 5.41) is 14.2. The summed E-state index contributed by atoms with van der Waals surface area (Å²) >= 11 is 0. The van der Waals surface area contributed by atoms with Crippen LogP contribution in [0.25, 0.3) is 27.9 Å². The first-order chi connectivity index (χ1) is 15.3. The monoisotopic (exact) mass is 420 g/mol. The number of nitrogens with zero attached hydrogens (tertiary/aromatic N) is 4. The lowest BCUT2D eigenvalue weighted by Gasteiger charge is -2.26. The highest BCUT2D eigenvalue weighted by Gasteiger charge is 2.11. The van der Waals surface area contributed by atoms with Crippen molar-refractivity contribution in [1.29, 1.82) is 0 Å². The van der Waals surface area contributed by atoms with E-state index in [4.69, 9.17) is 13.9 Å². The number of ether oxygens (including phenoxy) is 2. The van der Waals surface area contributed by atoms with Crippen molar-refractivity contribution in [3.8, 4) is 17.2 Å². The summed E-state index contributed by atoms with van der Waals surface area (Å²) in [5.41, 5.74) is 2.27. The predicted molar refractivity (Wildman–Crippen MR) is 115 cm³/mol. The van der Waals surface area contributed by atoms with Gasteiger partial charge >= 0.3 is 0 Å². The Kier molecular flexibility index (Phi) is 5.56. The Bertz CT molecular complexity index is 1260. The molecule has 31 heavy (non-hydrogen) atoms. The molecule has 0 spiro atoms. The van der Waals surface area contributed by atoms with Gasteiger partial charge in [-0.25, -0.2) is 4.98 Å². The lowest BCUT2D eigenvalue weighted by atomic mass is 10.2. The summed E-state index contributed by atoms with van der Waals surface area (Å²) in [7, 11) is 0. The molecule has 0 bridgehead atoms. The van der Waals surface area contributed by atoms with Gasteiger partial charge in [0.25, 0.3) is 0 Å². The fraction of sp³-hybridized carbons (Fsp3) is 0.304. The van der Waals surface area contributed by atoms with Crippen molar-refractivity contribution in [2.45, 2.75) is 6.42 Å². The minimum absolute atomic E-state index is 0.409. The number of morpholine rings is 1. The van der Waals surface area contributed by atoms with Crippen molar-refractivity contribution in [3.63, 3.8) is 0 Å². The number of fused-ring (bicyclic) bond motifs is 2. The number of benzene rings is 1. The molecule has 0 atom stereocenters. The molecule has 0 saturated carbocycles. The molecule has 0 amide bonds. The second-order valence-electron chi connectivity index (χ2n) is 7.52. The van der Waals surface area contributed by atoms with Crippen LogP contribution in [0.1, 0.15) is 6.42 Å². The zero-order valence-electron chi connectivity index (χ0n) is 17.1. The molecule has 5 rings (SSSR count). The van der Waals surface area contributed by atoms with E-state index >= 15 is 0 Å². The van der Waals surface area contributed by atoms with Gasteiger partial charge in [0.05, 0.1) is 31.5 Å². The molecule has 0 radical (unpaired) electrons. The zero-order valence-corrected chi connectivity index (χ0v) is 17.1. The SMILES string of the molecule is ON=c1cc(-c2cc3cccn3cn2)oc2ccc(OCCCN3CCOCC3)cc12. The first-order valence-electron chi connectivity index (χ1n) is 10.4. The number of hydrogen-bond acceptors (Lipinski definition) is 7. The minimum Gasteiger partial charge on any atom is -0.494 e. The van der Waals surface area contributed by atoms with Gasteiger partial charge in [0.2, 0.25) is 0 Å². The Morgan fingerprint density at radius 3 is 2.90 bits per heavy atom. The summed E-state index contributed by atoms with van der Waals surface area (Å²) in [6, 6.07) is 13.1. The van der Waals surface area contributed by atoms with Crippen LogP contribution in [0, 0.1) is 0 Å². The van der Waals surface area contributed by atoms with Crippen molar-refractivity contribution in [3.05, 3.63) is 60.3 Å². The molecule has 1 aliphatic heterocycles. The summed E-state index contributed by atoms with van der Waals surface area (Å²) < 4.78 is 19.3. The van der Waals surface area contributed by atoms with Crippen LogP contribution in [0.2, 0.25) is 0 Å². The number of rotatable bonds is 6. The van der Waals surface area contributed by atoms with E-state index in [2.05, 4.69) is 15.0 Å². The van der Waals surface area contributed by atoms with Gasteiger partial charge in [0.15, 0.2) is 5.76 Å². The van der Waals surface area contributed by atoms with Crippen molar-refractivity contribution in [2.75, 3.05) is 39.5 Å². The van der Waals surface area contributed by atoms with Crippen molar-refractivity contribution < 1.29 is 19.1 Å². The molecule has 1 aromatic carbocycles. The molecule has 3 aromatic heterocycles. The van der Waals surface area contributed by atoms with Crippen LogP contribution < -0.4 is 10.1 Å². The molecule has 4 aromatic rings.